The van der Waals surface area contributed by atoms with Crippen LogP contribution >= 0.6 is 11.6 Å². The second-order valence-electron chi connectivity index (χ2n) is 4.05. The number of aliphatic hydroxyl groups is 1. The third kappa shape index (κ3) is 2.20. The maximum absolute atomic E-state index is 9.21. The van der Waals surface area contributed by atoms with Gasteiger partial charge in [0.2, 0.25) is 0 Å². The van der Waals surface area contributed by atoms with Crippen LogP contribution in [0.4, 0.5) is 11.5 Å². The number of anilines is 2. The van der Waals surface area contributed by atoms with E-state index in [1.54, 1.807) is 0 Å². The fourth-order valence-corrected chi connectivity index (χ4v) is 2.24. The minimum absolute atomic E-state index is 0.191. The number of nitrogens with two attached hydrogens (primary N) is 1. The Bertz CT molecular complexity index is 374. The smallest absolute Gasteiger partial charge is 0.157 e. The molecule has 1 aromatic rings. The van der Waals surface area contributed by atoms with E-state index in [0.717, 1.165) is 19.3 Å². The maximum Gasteiger partial charge on any atom is 0.157 e. The standard InChI is InChI=1S/C10H15ClN4O/c11-9-8(12)10(14-5-13-9)15-7-3-1-2-6(7)4-16/h5-7,16H,1-4,12H2,(H,13,14,15)/t6-,7+/m1/s1. The lowest BCUT2D eigenvalue weighted by Gasteiger charge is -2.20. The summed E-state index contributed by atoms with van der Waals surface area (Å²) in [4.78, 5) is 7.85. The zero-order valence-electron chi connectivity index (χ0n) is 8.86. The molecule has 1 saturated carbocycles. The normalized spacial score (nSPS) is 24.6. The second kappa shape index (κ2) is 4.84. The monoisotopic (exact) mass is 242 g/mol. The van der Waals surface area contributed by atoms with Gasteiger partial charge in [-0.2, -0.15) is 0 Å². The van der Waals surface area contributed by atoms with Crippen LogP contribution in [0.25, 0.3) is 0 Å². The Morgan fingerprint density at radius 3 is 3.06 bits per heavy atom. The average Bonchev–Trinajstić information content (AvgIpc) is 2.72. The van der Waals surface area contributed by atoms with E-state index in [9.17, 15) is 5.11 Å². The van der Waals surface area contributed by atoms with Gasteiger partial charge in [0, 0.05) is 18.6 Å². The number of nitrogen functional groups attached to an aromatic ring is 1. The van der Waals surface area contributed by atoms with E-state index in [4.69, 9.17) is 17.3 Å². The van der Waals surface area contributed by atoms with Crippen LogP contribution in [-0.4, -0.2) is 27.7 Å². The molecule has 0 aromatic carbocycles. The van der Waals surface area contributed by atoms with Crippen LogP contribution in [0.15, 0.2) is 6.33 Å². The fraction of sp³-hybridized carbons (Fsp3) is 0.600. The van der Waals surface area contributed by atoms with Crippen LogP contribution < -0.4 is 11.1 Å². The number of rotatable bonds is 3. The lowest BCUT2D eigenvalue weighted by Crippen LogP contribution is -2.27. The van der Waals surface area contributed by atoms with Gasteiger partial charge in [0.1, 0.15) is 12.0 Å². The van der Waals surface area contributed by atoms with Gasteiger partial charge in [0.15, 0.2) is 11.0 Å². The number of nitrogens with one attached hydrogen (secondary N) is 1. The minimum atomic E-state index is 0.191. The van der Waals surface area contributed by atoms with Crippen molar-refractivity contribution >= 4 is 23.1 Å². The zero-order chi connectivity index (χ0) is 11.5. The number of hydrogen-bond donors (Lipinski definition) is 3. The van der Waals surface area contributed by atoms with Gasteiger partial charge in [-0.1, -0.05) is 18.0 Å². The summed E-state index contributed by atoms with van der Waals surface area (Å²) in [5, 5.41) is 12.7. The molecule has 1 aliphatic carbocycles. The highest BCUT2D eigenvalue weighted by molar-refractivity contribution is 6.32. The third-order valence-corrected chi connectivity index (χ3v) is 3.35. The van der Waals surface area contributed by atoms with Crippen molar-refractivity contribution in [2.45, 2.75) is 25.3 Å². The zero-order valence-corrected chi connectivity index (χ0v) is 9.61. The molecule has 0 aliphatic heterocycles. The Balaban J connectivity index is 2.11. The Morgan fingerprint density at radius 2 is 2.31 bits per heavy atom. The molecule has 1 aliphatic rings. The molecule has 0 radical (unpaired) electrons. The van der Waals surface area contributed by atoms with E-state index in [-0.39, 0.29) is 23.7 Å². The molecule has 0 spiro atoms. The van der Waals surface area contributed by atoms with E-state index in [1.165, 1.54) is 6.33 Å². The predicted octanol–water partition coefficient (Wildman–Crippen LogP) is 1.29. The Kier molecular flexibility index (Phi) is 3.46. The van der Waals surface area contributed by atoms with Crippen LogP contribution in [0.3, 0.4) is 0 Å². The molecule has 1 aromatic heterocycles. The highest BCUT2D eigenvalue weighted by Crippen LogP contribution is 2.30. The quantitative estimate of drug-likeness (QED) is 0.696. The van der Waals surface area contributed by atoms with Crippen molar-refractivity contribution in [1.29, 1.82) is 0 Å². The van der Waals surface area contributed by atoms with Gasteiger partial charge < -0.3 is 16.2 Å². The molecule has 1 fully saturated rings. The van der Waals surface area contributed by atoms with Crippen molar-refractivity contribution in [3.8, 4) is 0 Å². The van der Waals surface area contributed by atoms with E-state index >= 15 is 0 Å². The van der Waals surface area contributed by atoms with Crippen LogP contribution in [0, 0.1) is 5.92 Å². The Morgan fingerprint density at radius 1 is 1.50 bits per heavy atom. The average molecular weight is 243 g/mol. The maximum atomic E-state index is 9.21. The van der Waals surface area contributed by atoms with Crippen molar-refractivity contribution in [2.24, 2.45) is 5.92 Å². The summed E-state index contributed by atoms with van der Waals surface area (Å²) in [7, 11) is 0. The molecule has 2 atom stereocenters. The first kappa shape index (κ1) is 11.4. The van der Waals surface area contributed by atoms with Gasteiger partial charge in [0.25, 0.3) is 0 Å². The van der Waals surface area contributed by atoms with Crippen molar-refractivity contribution in [2.75, 3.05) is 17.7 Å². The highest BCUT2D eigenvalue weighted by Gasteiger charge is 2.27. The highest BCUT2D eigenvalue weighted by atomic mass is 35.5. The van der Waals surface area contributed by atoms with E-state index in [2.05, 4.69) is 15.3 Å². The first-order chi connectivity index (χ1) is 7.72. The molecule has 0 amide bonds. The van der Waals surface area contributed by atoms with Crippen molar-refractivity contribution in [3.05, 3.63) is 11.5 Å². The van der Waals surface area contributed by atoms with Crippen molar-refractivity contribution in [1.82, 2.24) is 9.97 Å². The van der Waals surface area contributed by atoms with Gasteiger partial charge in [-0.05, 0) is 12.8 Å². The third-order valence-electron chi connectivity index (χ3n) is 3.05. The number of nitrogens with zero attached hydrogens (tertiary/aromatic N) is 2. The summed E-state index contributed by atoms with van der Waals surface area (Å²) < 4.78 is 0. The molecule has 16 heavy (non-hydrogen) atoms. The molecule has 0 bridgehead atoms. The number of hydrogen-bond acceptors (Lipinski definition) is 5. The van der Waals surface area contributed by atoms with Crippen LogP contribution in [0.5, 0.6) is 0 Å². The second-order valence-corrected chi connectivity index (χ2v) is 4.41. The summed E-state index contributed by atoms with van der Waals surface area (Å²) in [6.07, 6.45) is 4.55. The minimum Gasteiger partial charge on any atom is -0.396 e. The fourth-order valence-electron chi connectivity index (χ4n) is 2.11. The molecule has 2 rings (SSSR count). The number of aliphatic hydroxyl groups excluding tert-OH is 1. The number of halogens is 1. The lowest BCUT2D eigenvalue weighted by atomic mass is 10.1. The van der Waals surface area contributed by atoms with Gasteiger partial charge in [0.05, 0.1) is 0 Å². The topological polar surface area (TPSA) is 84.1 Å². The van der Waals surface area contributed by atoms with Crippen molar-refractivity contribution in [3.63, 3.8) is 0 Å². The first-order valence-corrected chi connectivity index (χ1v) is 5.73. The number of aromatic nitrogens is 2. The molecule has 5 nitrogen and oxygen atoms in total. The SMILES string of the molecule is Nc1c(Cl)ncnc1N[C@H]1CCC[C@@H]1CO. The van der Waals surface area contributed by atoms with Crippen LogP contribution in [-0.2, 0) is 0 Å². The first-order valence-electron chi connectivity index (χ1n) is 5.35. The molecule has 0 unspecified atom stereocenters. The lowest BCUT2D eigenvalue weighted by molar-refractivity contribution is 0.222. The molecule has 6 heteroatoms. The molecule has 0 saturated heterocycles. The van der Waals surface area contributed by atoms with Crippen LogP contribution in [0.1, 0.15) is 19.3 Å². The van der Waals surface area contributed by atoms with Gasteiger partial charge >= 0.3 is 0 Å². The summed E-state index contributed by atoms with van der Waals surface area (Å²) in [6.45, 7) is 0.191. The summed E-state index contributed by atoms with van der Waals surface area (Å²) in [5.41, 5.74) is 6.13. The summed E-state index contributed by atoms with van der Waals surface area (Å²) in [6, 6.07) is 0.221. The van der Waals surface area contributed by atoms with E-state index in [1.807, 2.05) is 0 Å². The molecular formula is C10H15ClN4O. The summed E-state index contributed by atoms with van der Waals surface area (Å²) >= 11 is 5.80. The molecule has 4 N–H and O–H groups in total. The van der Waals surface area contributed by atoms with Crippen molar-refractivity contribution < 1.29 is 5.11 Å². The molecule has 88 valence electrons. The van der Waals surface area contributed by atoms with Gasteiger partial charge in [-0.25, -0.2) is 9.97 Å². The largest absolute Gasteiger partial charge is 0.396 e. The van der Waals surface area contributed by atoms with Crippen LogP contribution in [0.2, 0.25) is 5.15 Å². The summed E-state index contributed by atoms with van der Waals surface area (Å²) in [5.74, 6) is 0.832. The molecular weight excluding hydrogens is 228 g/mol. The van der Waals surface area contributed by atoms with E-state index < -0.39 is 0 Å². The Labute approximate surface area is 99.0 Å². The van der Waals surface area contributed by atoms with Gasteiger partial charge in [-0.15, -0.1) is 0 Å². The predicted molar refractivity (Wildman–Crippen MR) is 63.3 cm³/mol. The van der Waals surface area contributed by atoms with Gasteiger partial charge in [-0.3, -0.25) is 0 Å². The van der Waals surface area contributed by atoms with E-state index in [0.29, 0.717) is 11.5 Å². The Hall–Kier alpha value is -1.07. The molecule has 1 heterocycles.